The normalized spacial score (nSPS) is 11.3. The van der Waals surface area contributed by atoms with Gasteiger partial charge in [-0.15, -0.1) is 0 Å². The number of aryl methyl sites for hydroxylation is 1. The second-order valence-corrected chi connectivity index (χ2v) is 7.27. The van der Waals surface area contributed by atoms with Crippen LogP contribution in [0.5, 0.6) is 5.75 Å². The van der Waals surface area contributed by atoms with E-state index < -0.39 is 10.0 Å². The van der Waals surface area contributed by atoms with E-state index >= 15 is 0 Å². The molecule has 2 N–H and O–H groups in total. The second-order valence-electron chi connectivity index (χ2n) is 5.52. The van der Waals surface area contributed by atoms with E-state index in [0.717, 1.165) is 17.4 Å². The van der Waals surface area contributed by atoms with Gasteiger partial charge in [-0.3, -0.25) is 9.52 Å². The van der Waals surface area contributed by atoms with Gasteiger partial charge in [0.05, 0.1) is 19.1 Å². The topological polar surface area (TPSA) is 84.5 Å². The van der Waals surface area contributed by atoms with E-state index in [1.807, 2.05) is 19.1 Å². The molecule has 132 valence electrons. The number of nitrogens with one attached hydrogen (secondary N) is 2. The molecule has 0 saturated heterocycles. The molecule has 0 bridgehead atoms. The van der Waals surface area contributed by atoms with E-state index in [1.54, 1.807) is 43.5 Å². The Labute approximate surface area is 147 Å². The minimum Gasteiger partial charge on any atom is -0.495 e. The van der Waals surface area contributed by atoms with Gasteiger partial charge in [0.15, 0.2) is 0 Å². The molecule has 6 nitrogen and oxygen atoms in total. The average molecular weight is 360 g/mol. The third-order valence-electron chi connectivity index (χ3n) is 3.25. The highest BCUT2D eigenvalue weighted by atomic mass is 32.2. The zero-order chi connectivity index (χ0) is 18.4. The summed E-state index contributed by atoms with van der Waals surface area (Å²) in [6.45, 7) is 1.93. The van der Waals surface area contributed by atoms with Crippen LogP contribution in [0.1, 0.15) is 11.1 Å². The smallest absolute Gasteiger partial charge is 0.248 e. The molecule has 0 saturated carbocycles. The average Bonchev–Trinajstić information content (AvgIpc) is 2.53. The highest BCUT2D eigenvalue weighted by Crippen LogP contribution is 2.25. The van der Waals surface area contributed by atoms with Gasteiger partial charge in [-0.1, -0.05) is 18.2 Å². The molecule has 0 aliphatic carbocycles. The second kappa shape index (κ2) is 7.85. The first-order valence-electron chi connectivity index (χ1n) is 7.48. The van der Waals surface area contributed by atoms with Crippen molar-refractivity contribution in [2.45, 2.75) is 6.92 Å². The van der Waals surface area contributed by atoms with E-state index in [0.29, 0.717) is 17.1 Å². The predicted molar refractivity (Wildman–Crippen MR) is 100 cm³/mol. The molecular formula is C18H20N2O4S. The summed E-state index contributed by atoms with van der Waals surface area (Å²) in [6, 6.07) is 12.2. The summed E-state index contributed by atoms with van der Waals surface area (Å²) in [7, 11) is -1.76. The summed E-state index contributed by atoms with van der Waals surface area (Å²) >= 11 is 0. The van der Waals surface area contributed by atoms with E-state index in [1.165, 1.54) is 6.08 Å². The van der Waals surface area contributed by atoms with Gasteiger partial charge in [0.25, 0.3) is 0 Å². The fraction of sp³-hybridized carbons (Fsp3) is 0.167. The van der Waals surface area contributed by atoms with Crippen LogP contribution in [0.15, 0.2) is 48.5 Å². The lowest BCUT2D eigenvalue weighted by Crippen LogP contribution is -2.09. The van der Waals surface area contributed by atoms with Gasteiger partial charge >= 0.3 is 0 Å². The van der Waals surface area contributed by atoms with E-state index in [4.69, 9.17) is 4.74 Å². The largest absolute Gasteiger partial charge is 0.495 e. The highest BCUT2D eigenvalue weighted by molar-refractivity contribution is 7.92. The van der Waals surface area contributed by atoms with Crippen LogP contribution in [0.2, 0.25) is 0 Å². The highest BCUT2D eigenvalue weighted by Gasteiger charge is 2.05. The SMILES string of the molecule is COc1ccc(C)cc1NC(=O)/C=C/c1ccc(NS(C)(=O)=O)cc1. The van der Waals surface area contributed by atoms with Crippen LogP contribution in [-0.2, 0) is 14.8 Å². The Morgan fingerprint density at radius 3 is 2.40 bits per heavy atom. The molecule has 0 atom stereocenters. The van der Waals surface area contributed by atoms with Gasteiger partial charge in [0, 0.05) is 11.8 Å². The molecule has 0 spiro atoms. The number of carbonyl (C=O) groups excluding carboxylic acids is 1. The Morgan fingerprint density at radius 1 is 1.12 bits per heavy atom. The molecule has 2 aromatic rings. The summed E-state index contributed by atoms with van der Waals surface area (Å²) in [6.07, 6.45) is 4.13. The lowest BCUT2D eigenvalue weighted by Gasteiger charge is -2.09. The molecule has 0 unspecified atom stereocenters. The maximum absolute atomic E-state index is 12.1. The lowest BCUT2D eigenvalue weighted by molar-refractivity contribution is -0.111. The van der Waals surface area contributed by atoms with E-state index in [9.17, 15) is 13.2 Å². The molecule has 25 heavy (non-hydrogen) atoms. The Kier molecular flexibility index (Phi) is 5.82. The van der Waals surface area contributed by atoms with Gasteiger partial charge in [0.2, 0.25) is 15.9 Å². The predicted octanol–water partition coefficient (Wildman–Crippen LogP) is 3.03. The zero-order valence-electron chi connectivity index (χ0n) is 14.2. The van der Waals surface area contributed by atoms with E-state index in [-0.39, 0.29) is 5.91 Å². The fourth-order valence-electron chi connectivity index (χ4n) is 2.14. The molecule has 2 rings (SSSR count). The molecule has 0 aliphatic rings. The molecule has 0 aromatic heterocycles. The number of benzene rings is 2. The quantitative estimate of drug-likeness (QED) is 0.776. The molecule has 0 radical (unpaired) electrons. The van der Waals surface area contributed by atoms with Gasteiger partial charge in [0.1, 0.15) is 5.75 Å². The standard InChI is InChI=1S/C18H20N2O4S/c1-13-4-10-17(24-2)16(12-13)19-18(21)11-7-14-5-8-15(9-6-14)20-25(3,22)23/h4-12,20H,1-3H3,(H,19,21)/b11-7+. The van der Waals surface area contributed by atoms with Crippen molar-refractivity contribution in [3.63, 3.8) is 0 Å². The summed E-state index contributed by atoms with van der Waals surface area (Å²) in [4.78, 5) is 12.1. The van der Waals surface area contributed by atoms with Crippen molar-refractivity contribution in [2.75, 3.05) is 23.4 Å². The minimum absolute atomic E-state index is 0.290. The zero-order valence-corrected chi connectivity index (χ0v) is 15.1. The third-order valence-corrected chi connectivity index (χ3v) is 3.86. The number of hydrogen-bond donors (Lipinski definition) is 2. The summed E-state index contributed by atoms with van der Waals surface area (Å²) in [5.41, 5.74) is 2.85. The number of methoxy groups -OCH3 is 1. The van der Waals surface area contributed by atoms with Crippen molar-refractivity contribution in [3.05, 3.63) is 59.7 Å². The van der Waals surface area contributed by atoms with Gasteiger partial charge in [-0.2, -0.15) is 0 Å². The summed E-state index contributed by atoms with van der Waals surface area (Å²) in [5.74, 6) is 0.297. The maximum atomic E-state index is 12.1. The third kappa shape index (κ3) is 5.96. The van der Waals surface area contributed by atoms with Gasteiger partial charge < -0.3 is 10.1 Å². The first-order valence-corrected chi connectivity index (χ1v) is 9.37. The summed E-state index contributed by atoms with van der Waals surface area (Å²) in [5, 5.41) is 2.77. The van der Waals surface area contributed by atoms with Crippen LogP contribution in [0.4, 0.5) is 11.4 Å². The summed E-state index contributed by atoms with van der Waals surface area (Å²) < 4.78 is 29.9. The maximum Gasteiger partial charge on any atom is 0.248 e. The first-order chi connectivity index (χ1) is 11.8. The Morgan fingerprint density at radius 2 is 1.80 bits per heavy atom. The number of anilines is 2. The molecule has 7 heteroatoms. The number of amides is 1. The Hall–Kier alpha value is -2.80. The number of ether oxygens (including phenoxy) is 1. The van der Waals surface area contributed by atoms with Crippen molar-refractivity contribution < 1.29 is 17.9 Å². The van der Waals surface area contributed by atoms with Crippen molar-refractivity contribution in [1.29, 1.82) is 0 Å². The van der Waals surface area contributed by atoms with Crippen LogP contribution >= 0.6 is 0 Å². The van der Waals surface area contributed by atoms with Crippen LogP contribution in [0.3, 0.4) is 0 Å². The first kappa shape index (κ1) is 18.5. The monoisotopic (exact) mass is 360 g/mol. The number of rotatable bonds is 6. The van der Waals surface area contributed by atoms with Crippen molar-refractivity contribution in [2.24, 2.45) is 0 Å². The van der Waals surface area contributed by atoms with Gasteiger partial charge in [-0.25, -0.2) is 8.42 Å². The minimum atomic E-state index is -3.30. The number of carbonyl (C=O) groups is 1. The van der Waals surface area contributed by atoms with Crippen LogP contribution < -0.4 is 14.8 Å². The van der Waals surface area contributed by atoms with Gasteiger partial charge in [-0.05, 0) is 48.4 Å². The Balaban J connectivity index is 2.04. The van der Waals surface area contributed by atoms with E-state index in [2.05, 4.69) is 10.0 Å². The lowest BCUT2D eigenvalue weighted by atomic mass is 10.2. The van der Waals surface area contributed by atoms with Crippen LogP contribution in [0, 0.1) is 6.92 Å². The van der Waals surface area contributed by atoms with Crippen molar-refractivity contribution in [3.8, 4) is 5.75 Å². The molecule has 1 amide bonds. The molecule has 2 aromatic carbocycles. The molecule has 0 aliphatic heterocycles. The number of hydrogen-bond acceptors (Lipinski definition) is 4. The number of sulfonamides is 1. The van der Waals surface area contributed by atoms with Crippen molar-refractivity contribution in [1.82, 2.24) is 0 Å². The Bertz CT molecular complexity index is 888. The molecule has 0 heterocycles. The van der Waals surface area contributed by atoms with Crippen LogP contribution in [-0.4, -0.2) is 27.7 Å². The van der Waals surface area contributed by atoms with Crippen molar-refractivity contribution >= 4 is 33.4 Å². The fourth-order valence-corrected chi connectivity index (χ4v) is 2.71. The van der Waals surface area contributed by atoms with Crippen LogP contribution in [0.25, 0.3) is 6.08 Å². The molecular weight excluding hydrogens is 340 g/mol. The molecule has 0 fully saturated rings.